The van der Waals surface area contributed by atoms with Crippen LogP contribution in [0.15, 0.2) is 18.2 Å². The lowest BCUT2D eigenvalue weighted by Gasteiger charge is -2.20. The average Bonchev–Trinajstić information content (AvgIpc) is 2.38. The van der Waals surface area contributed by atoms with E-state index in [1.807, 2.05) is 6.92 Å². The van der Waals surface area contributed by atoms with E-state index in [2.05, 4.69) is 11.4 Å². The zero-order valence-electron chi connectivity index (χ0n) is 10.6. The molecule has 0 heterocycles. The van der Waals surface area contributed by atoms with Crippen LogP contribution in [0.4, 0.5) is 5.69 Å². The number of carbonyl (C=O) groups is 1. The molecule has 0 saturated carbocycles. The summed E-state index contributed by atoms with van der Waals surface area (Å²) in [6, 6.07) is 7.18. The van der Waals surface area contributed by atoms with Gasteiger partial charge in [0.1, 0.15) is 6.07 Å². The molecule has 0 atom stereocenters. The van der Waals surface area contributed by atoms with Gasteiger partial charge in [-0.3, -0.25) is 4.79 Å². The Hall–Kier alpha value is -2.06. The van der Waals surface area contributed by atoms with Crippen molar-refractivity contribution >= 4 is 11.6 Å². The zero-order valence-corrected chi connectivity index (χ0v) is 10.6. The molecule has 0 saturated heterocycles. The molecule has 1 aromatic carbocycles. The second-order valence-electron chi connectivity index (χ2n) is 3.93. The largest absolute Gasteiger partial charge is 0.392 e. The first-order valence-electron chi connectivity index (χ1n) is 5.74. The van der Waals surface area contributed by atoms with Gasteiger partial charge in [0.2, 0.25) is 5.91 Å². The van der Waals surface area contributed by atoms with Crippen LogP contribution in [0.3, 0.4) is 0 Å². The van der Waals surface area contributed by atoms with Crippen molar-refractivity contribution in [3.05, 3.63) is 29.3 Å². The van der Waals surface area contributed by atoms with Gasteiger partial charge in [0, 0.05) is 13.6 Å². The minimum atomic E-state index is -0.102. The summed E-state index contributed by atoms with van der Waals surface area (Å²) in [5.41, 5.74) is 1.82. The van der Waals surface area contributed by atoms with Crippen LogP contribution in [-0.2, 0) is 11.4 Å². The van der Waals surface area contributed by atoms with E-state index >= 15 is 0 Å². The minimum Gasteiger partial charge on any atom is -0.392 e. The van der Waals surface area contributed by atoms with Crippen LogP contribution in [0.5, 0.6) is 0 Å². The number of likely N-dealkylation sites (N-methyl/N-ethyl adjacent to an activating group) is 2. The fraction of sp³-hybridized carbons (Fsp3) is 0.385. The highest BCUT2D eigenvalue weighted by Gasteiger charge is 2.11. The number of nitrogens with one attached hydrogen (secondary N) is 1. The van der Waals surface area contributed by atoms with Crippen molar-refractivity contribution < 1.29 is 9.90 Å². The lowest BCUT2D eigenvalue weighted by Crippen LogP contribution is -2.35. The van der Waals surface area contributed by atoms with Crippen molar-refractivity contribution in [3.8, 4) is 6.07 Å². The number of aliphatic hydroxyl groups is 1. The molecule has 0 aliphatic heterocycles. The molecule has 0 unspecified atom stereocenters. The number of hydrogen-bond acceptors (Lipinski definition) is 4. The number of nitrogens with zero attached hydrogens (tertiary/aromatic N) is 2. The Morgan fingerprint density at radius 2 is 2.28 bits per heavy atom. The van der Waals surface area contributed by atoms with Crippen LogP contribution in [0.2, 0.25) is 0 Å². The molecule has 0 radical (unpaired) electrons. The normalized spacial score (nSPS) is 9.67. The molecule has 18 heavy (non-hydrogen) atoms. The summed E-state index contributed by atoms with van der Waals surface area (Å²) in [7, 11) is 1.75. The van der Waals surface area contributed by atoms with E-state index < -0.39 is 0 Å². The van der Waals surface area contributed by atoms with Crippen LogP contribution >= 0.6 is 0 Å². The van der Waals surface area contributed by atoms with E-state index in [0.717, 1.165) is 0 Å². The third kappa shape index (κ3) is 3.47. The Morgan fingerprint density at radius 1 is 1.56 bits per heavy atom. The van der Waals surface area contributed by atoms with Crippen molar-refractivity contribution in [2.45, 2.75) is 13.5 Å². The highest BCUT2D eigenvalue weighted by atomic mass is 16.3. The van der Waals surface area contributed by atoms with E-state index in [9.17, 15) is 4.79 Å². The first-order chi connectivity index (χ1) is 8.62. The molecule has 5 nitrogen and oxygen atoms in total. The average molecular weight is 247 g/mol. The van der Waals surface area contributed by atoms with E-state index in [1.165, 1.54) is 0 Å². The maximum atomic E-state index is 11.5. The highest BCUT2D eigenvalue weighted by molar-refractivity contribution is 5.81. The third-order valence-electron chi connectivity index (χ3n) is 2.53. The summed E-state index contributed by atoms with van der Waals surface area (Å²) in [5, 5.41) is 20.8. The highest BCUT2D eigenvalue weighted by Crippen LogP contribution is 2.20. The predicted octanol–water partition coefficient (Wildman–Crippen LogP) is 0.623. The van der Waals surface area contributed by atoms with Gasteiger partial charge in [-0.15, -0.1) is 0 Å². The molecule has 96 valence electrons. The molecular formula is C13H17N3O2. The second kappa shape index (κ2) is 6.62. The number of hydrogen-bond donors (Lipinski definition) is 2. The maximum absolute atomic E-state index is 11.5. The molecule has 0 fully saturated rings. The first kappa shape index (κ1) is 14.0. The Kier molecular flexibility index (Phi) is 5.15. The van der Waals surface area contributed by atoms with Crippen LogP contribution in [0, 0.1) is 11.3 Å². The Labute approximate surface area is 107 Å². The minimum absolute atomic E-state index is 0.0878. The number of amides is 1. The van der Waals surface area contributed by atoms with Crippen molar-refractivity contribution in [2.75, 3.05) is 25.0 Å². The number of rotatable bonds is 5. The molecule has 0 aliphatic carbocycles. The van der Waals surface area contributed by atoms with Crippen molar-refractivity contribution in [1.82, 2.24) is 5.32 Å². The molecule has 5 heteroatoms. The molecule has 2 N–H and O–H groups in total. The Morgan fingerprint density at radius 3 is 2.83 bits per heavy atom. The van der Waals surface area contributed by atoms with Gasteiger partial charge in [-0.2, -0.15) is 5.26 Å². The van der Waals surface area contributed by atoms with Gasteiger partial charge in [-0.25, -0.2) is 0 Å². The van der Waals surface area contributed by atoms with Gasteiger partial charge < -0.3 is 15.3 Å². The summed E-state index contributed by atoms with van der Waals surface area (Å²) >= 11 is 0. The number of anilines is 1. The molecule has 0 spiro atoms. The van der Waals surface area contributed by atoms with Gasteiger partial charge in [0.15, 0.2) is 0 Å². The molecule has 1 rings (SSSR count). The standard InChI is InChI=1S/C13H17N3O2/c1-3-15-13(18)8-16(2)12-5-4-10(9-17)6-11(12)7-14/h4-6,17H,3,8-9H2,1-2H3,(H,15,18). The summed E-state index contributed by atoms with van der Waals surface area (Å²) in [6.45, 7) is 2.53. The fourth-order valence-electron chi connectivity index (χ4n) is 1.66. The van der Waals surface area contributed by atoms with E-state index in [-0.39, 0.29) is 19.1 Å². The Balaban J connectivity index is 2.89. The molecular weight excluding hydrogens is 230 g/mol. The number of carbonyl (C=O) groups excluding carboxylic acids is 1. The van der Waals surface area contributed by atoms with Gasteiger partial charge in [0.25, 0.3) is 0 Å². The predicted molar refractivity (Wildman–Crippen MR) is 69.0 cm³/mol. The zero-order chi connectivity index (χ0) is 13.5. The quantitative estimate of drug-likeness (QED) is 0.800. The monoisotopic (exact) mass is 247 g/mol. The molecule has 1 amide bonds. The van der Waals surface area contributed by atoms with Gasteiger partial charge in [0.05, 0.1) is 24.4 Å². The first-order valence-corrected chi connectivity index (χ1v) is 5.74. The van der Waals surface area contributed by atoms with E-state index in [1.54, 1.807) is 30.1 Å². The van der Waals surface area contributed by atoms with Crippen LogP contribution in [0.1, 0.15) is 18.1 Å². The van der Waals surface area contributed by atoms with Gasteiger partial charge >= 0.3 is 0 Å². The number of nitriles is 1. The van der Waals surface area contributed by atoms with Crippen molar-refractivity contribution in [1.29, 1.82) is 5.26 Å². The van der Waals surface area contributed by atoms with Gasteiger partial charge in [-0.1, -0.05) is 6.07 Å². The fourth-order valence-corrected chi connectivity index (χ4v) is 1.66. The Bertz CT molecular complexity index is 466. The van der Waals surface area contributed by atoms with Crippen LogP contribution in [0.25, 0.3) is 0 Å². The van der Waals surface area contributed by atoms with Crippen LogP contribution < -0.4 is 10.2 Å². The summed E-state index contributed by atoms with van der Waals surface area (Å²) in [4.78, 5) is 13.2. The lowest BCUT2D eigenvalue weighted by molar-refractivity contribution is -0.119. The molecule has 0 aliphatic rings. The molecule has 1 aromatic rings. The van der Waals surface area contributed by atoms with Crippen molar-refractivity contribution in [2.24, 2.45) is 0 Å². The van der Waals surface area contributed by atoms with E-state index in [4.69, 9.17) is 10.4 Å². The lowest BCUT2D eigenvalue weighted by atomic mass is 10.1. The molecule has 0 aromatic heterocycles. The smallest absolute Gasteiger partial charge is 0.239 e. The van der Waals surface area contributed by atoms with Crippen molar-refractivity contribution in [3.63, 3.8) is 0 Å². The maximum Gasteiger partial charge on any atom is 0.239 e. The SMILES string of the molecule is CCNC(=O)CN(C)c1ccc(CO)cc1C#N. The third-order valence-corrected chi connectivity index (χ3v) is 2.53. The van der Waals surface area contributed by atoms with Crippen LogP contribution in [-0.4, -0.2) is 31.2 Å². The van der Waals surface area contributed by atoms with Gasteiger partial charge in [-0.05, 0) is 24.6 Å². The van der Waals surface area contributed by atoms with E-state index in [0.29, 0.717) is 23.4 Å². The number of aliphatic hydroxyl groups excluding tert-OH is 1. The summed E-state index contributed by atoms with van der Waals surface area (Å²) in [6.07, 6.45) is 0. The topological polar surface area (TPSA) is 76.4 Å². The summed E-state index contributed by atoms with van der Waals surface area (Å²) in [5.74, 6) is -0.0878. The number of benzene rings is 1. The second-order valence-corrected chi connectivity index (χ2v) is 3.93. The molecule has 0 bridgehead atoms. The summed E-state index contributed by atoms with van der Waals surface area (Å²) < 4.78 is 0.